The third-order valence-corrected chi connectivity index (χ3v) is 6.05. The number of amides is 2. The van der Waals surface area contributed by atoms with Gasteiger partial charge in [-0.2, -0.15) is 0 Å². The highest BCUT2D eigenvalue weighted by Crippen LogP contribution is 2.22. The molecule has 2 aromatic rings. The summed E-state index contributed by atoms with van der Waals surface area (Å²) in [6.45, 7) is 4.29. The van der Waals surface area contributed by atoms with Crippen LogP contribution in [0.3, 0.4) is 0 Å². The van der Waals surface area contributed by atoms with Crippen molar-refractivity contribution in [2.45, 2.75) is 39.4 Å². The van der Waals surface area contributed by atoms with Gasteiger partial charge in [-0.3, -0.25) is 13.9 Å². The van der Waals surface area contributed by atoms with Crippen molar-refractivity contribution in [3.8, 4) is 0 Å². The number of nitrogens with one attached hydrogen (secondary N) is 1. The molecule has 10 heteroatoms. The first-order valence-electron chi connectivity index (χ1n) is 9.96. The van der Waals surface area contributed by atoms with Gasteiger partial charge in [0, 0.05) is 23.2 Å². The number of nitrogens with zero attached hydrogens (tertiary/aromatic N) is 2. The molecule has 0 saturated heterocycles. The summed E-state index contributed by atoms with van der Waals surface area (Å²) in [5, 5.41) is 3.03. The molecule has 0 heterocycles. The number of hydrogen-bond donors (Lipinski definition) is 1. The number of sulfonamides is 1. The third kappa shape index (κ3) is 6.93. The van der Waals surface area contributed by atoms with Crippen LogP contribution in [-0.2, 0) is 26.2 Å². The molecule has 1 N–H and O–H groups in total. The number of carbonyl (C=O) groups excluding carboxylic acids is 2. The number of hydrogen-bond acceptors (Lipinski definition) is 4. The van der Waals surface area contributed by atoms with Crippen LogP contribution in [-0.4, -0.2) is 50.0 Å². The highest BCUT2D eigenvalue weighted by molar-refractivity contribution is 7.92. The first-order valence-corrected chi connectivity index (χ1v) is 12.2. The Morgan fingerprint density at radius 3 is 2.31 bits per heavy atom. The van der Waals surface area contributed by atoms with Crippen LogP contribution in [0.15, 0.2) is 48.5 Å². The Morgan fingerprint density at radius 1 is 1.09 bits per heavy atom. The molecule has 0 bridgehead atoms. The van der Waals surface area contributed by atoms with Gasteiger partial charge in [-0.1, -0.05) is 35.9 Å². The highest BCUT2D eigenvalue weighted by Gasteiger charge is 2.30. The second kappa shape index (κ2) is 10.8. The quantitative estimate of drug-likeness (QED) is 0.593. The van der Waals surface area contributed by atoms with E-state index in [2.05, 4.69) is 5.32 Å². The molecule has 1 unspecified atom stereocenters. The molecule has 32 heavy (non-hydrogen) atoms. The minimum absolute atomic E-state index is 0.172. The van der Waals surface area contributed by atoms with Crippen molar-refractivity contribution < 1.29 is 22.4 Å². The van der Waals surface area contributed by atoms with Crippen molar-refractivity contribution in [3.05, 3.63) is 64.9 Å². The Balaban J connectivity index is 2.40. The third-order valence-electron chi connectivity index (χ3n) is 4.67. The highest BCUT2D eigenvalue weighted by atomic mass is 35.5. The van der Waals surface area contributed by atoms with E-state index in [1.165, 1.54) is 42.2 Å². The van der Waals surface area contributed by atoms with Crippen molar-refractivity contribution in [3.63, 3.8) is 0 Å². The van der Waals surface area contributed by atoms with Gasteiger partial charge in [0.2, 0.25) is 21.8 Å². The summed E-state index contributed by atoms with van der Waals surface area (Å²) in [5.41, 5.74) is 0.414. The maximum Gasteiger partial charge on any atom is 0.244 e. The maximum absolute atomic E-state index is 14.3. The molecule has 0 aliphatic carbocycles. The monoisotopic (exact) mass is 483 g/mol. The van der Waals surface area contributed by atoms with Crippen LogP contribution in [0.4, 0.5) is 10.1 Å². The van der Waals surface area contributed by atoms with E-state index in [4.69, 9.17) is 11.6 Å². The molecule has 2 rings (SSSR count). The van der Waals surface area contributed by atoms with Crippen molar-refractivity contribution in [1.29, 1.82) is 0 Å². The van der Waals surface area contributed by atoms with Gasteiger partial charge in [-0.15, -0.1) is 0 Å². The Kier molecular flexibility index (Phi) is 8.63. The number of anilines is 1. The molecular formula is C22H27ClFN3O4S. The molecule has 2 aromatic carbocycles. The van der Waals surface area contributed by atoms with Gasteiger partial charge in [0.05, 0.1) is 11.9 Å². The molecule has 2 amide bonds. The predicted molar refractivity (Wildman–Crippen MR) is 123 cm³/mol. The van der Waals surface area contributed by atoms with Gasteiger partial charge >= 0.3 is 0 Å². The summed E-state index contributed by atoms with van der Waals surface area (Å²) < 4.78 is 40.1. The molecule has 0 radical (unpaired) electrons. The fourth-order valence-corrected chi connectivity index (χ4v) is 4.07. The topological polar surface area (TPSA) is 86.8 Å². The van der Waals surface area contributed by atoms with E-state index in [1.54, 1.807) is 32.0 Å². The van der Waals surface area contributed by atoms with Crippen molar-refractivity contribution in [1.82, 2.24) is 10.2 Å². The molecular weight excluding hydrogens is 457 g/mol. The van der Waals surface area contributed by atoms with Gasteiger partial charge in [0.15, 0.2) is 0 Å². The summed E-state index contributed by atoms with van der Waals surface area (Å²) in [6.07, 6.45) is 0.970. The molecule has 0 spiro atoms. The predicted octanol–water partition coefficient (Wildman–Crippen LogP) is 3.19. The van der Waals surface area contributed by atoms with Crippen LogP contribution in [0.5, 0.6) is 0 Å². The van der Waals surface area contributed by atoms with Crippen LogP contribution < -0.4 is 9.62 Å². The minimum Gasteiger partial charge on any atom is -0.352 e. The second-order valence-corrected chi connectivity index (χ2v) is 10.0. The zero-order valence-corrected chi connectivity index (χ0v) is 20.0. The van der Waals surface area contributed by atoms with Gasteiger partial charge in [-0.05, 0) is 45.0 Å². The summed E-state index contributed by atoms with van der Waals surface area (Å²) in [5.74, 6) is -1.63. The van der Waals surface area contributed by atoms with Gasteiger partial charge < -0.3 is 10.2 Å². The lowest BCUT2D eigenvalue weighted by molar-refractivity contribution is -0.139. The smallest absolute Gasteiger partial charge is 0.244 e. The molecule has 0 aliphatic rings. The average Bonchev–Trinajstić information content (AvgIpc) is 2.69. The Morgan fingerprint density at radius 2 is 1.75 bits per heavy atom. The summed E-state index contributed by atoms with van der Waals surface area (Å²) >= 11 is 5.99. The van der Waals surface area contributed by atoms with Gasteiger partial charge in [0.1, 0.15) is 18.4 Å². The van der Waals surface area contributed by atoms with E-state index < -0.39 is 40.2 Å². The fourth-order valence-electron chi connectivity index (χ4n) is 3.04. The molecule has 0 aliphatic heterocycles. The number of rotatable bonds is 9. The average molecular weight is 484 g/mol. The van der Waals surface area contributed by atoms with Crippen molar-refractivity contribution in [2.75, 3.05) is 17.1 Å². The molecule has 7 nitrogen and oxygen atoms in total. The zero-order chi connectivity index (χ0) is 24.1. The van der Waals surface area contributed by atoms with Gasteiger partial charge in [0.25, 0.3) is 0 Å². The molecule has 0 fully saturated rings. The Bertz CT molecular complexity index is 1080. The zero-order valence-electron chi connectivity index (χ0n) is 18.4. The Labute approximate surface area is 193 Å². The lowest BCUT2D eigenvalue weighted by atomic mass is 10.1. The van der Waals surface area contributed by atoms with E-state index in [0.717, 1.165) is 10.6 Å². The minimum atomic E-state index is -3.86. The Hall–Kier alpha value is -2.65. The van der Waals surface area contributed by atoms with E-state index in [-0.39, 0.29) is 23.8 Å². The van der Waals surface area contributed by atoms with Crippen molar-refractivity contribution >= 4 is 39.1 Å². The normalized spacial score (nSPS) is 12.3. The molecule has 0 aromatic heterocycles. The summed E-state index contributed by atoms with van der Waals surface area (Å²) in [4.78, 5) is 27.1. The van der Waals surface area contributed by atoms with Crippen LogP contribution in [0, 0.1) is 5.82 Å². The summed E-state index contributed by atoms with van der Waals surface area (Å²) in [7, 11) is -3.86. The number of benzene rings is 2. The van der Waals surface area contributed by atoms with Crippen LogP contribution >= 0.6 is 11.6 Å². The van der Waals surface area contributed by atoms with Crippen LogP contribution in [0.25, 0.3) is 0 Å². The SMILES string of the molecule is CC(C)NC(=O)C(C)N(Cc1ccccc1F)C(=O)CN(c1cccc(Cl)c1)S(C)(=O)=O. The van der Waals surface area contributed by atoms with Crippen LogP contribution in [0.2, 0.25) is 5.02 Å². The lowest BCUT2D eigenvalue weighted by Crippen LogP contribution is -2.52. The second-order valence-electron chi connectivity index (χ2n) is 7.70. The van der Waals surface area contributed by atoms with Crippen molar-refractivity contribution in [2.24, 2.45) is 0 Å². The first kappa shape index (κ1) is 25.6. The first-order chi connectivity index (χ1) is 14.9. The molecule has 1 atom stereocenters. The number of carbonyl (C=O) groups is 2. The lowest BCUT2D eigenvalue weighted by Gasteiger charge is -2.32. The fraction of sp³-hybridized carbons (Fsp3) is 0.364. The molecule has 0 saturated carbocycles. The van der Waals surface area contributed by atoms with E-state index in [0.29, 0.717) is 5.02 Å². The van der Waals surface area contributed by atoms with E-state index in [9.17, 15) is 22.4 Å². The maximum atomic E-state index is 14.3. The van der Waals surface area contributed by atoms with Gasteiger partial charge in [-0.25, -0.2) is 12.8 Å². The van der Waals surface area contributed by atoms with E-state index >= 15 is 0 Å². The van der Waals surface area contributed by atoms with Crippen LogP contribution in [0.1, 0.15) is 26.3 Å². The molecule has 174 valence electrons. The summed E-state index contributed by atoms with van der Waals surface area (Å²) in [6, 6.07) is 10.8. The van der Waals surface area contributed by atoms with E-state index in [1.807, 2.05) is 0 Å². The standard InChI is InChI=1S/C22H27ClFN3O4S/c1-15(2)25-22(29)16(3)26(13-17-8-5-6-11-20(17)24)21(28)14-27(32(4,30)31)19-10-7-9-18(23)12-19/h5-12,15-16H,13-14H2,1-4H3,(H,25,29). The largest absolute Gasteiger partial charge is 0.352 e. The number of halogens is 2.